The second-order valence-corrected chi connectivity index (χ2v) is 4.51. The van der Waals surface area contributed by atoms with E-state index < -0.39 is 0 Å². The van der Waals surface area contributed by atoms with Gasteiger partial charge in [-0.15, -0.1) is 0 Å². The molecule has 0 bridgehead atoms. The fourth-order valence-corrected chi connectivity index (χ4v) is 2.34. The molecule has 1 fully saturated rings. The highest BCUT2D eigenvalue weighted by molar-refractivity contribution is 5.83. The molecule has 0 spiro atoms. The van der Waals surface area contributed by atoms with Crippen LogP contribution in [-0.2, 0) is 11.3 Å². The van der Waals surface area contributed by atoms with E-state index in [1.54, 1.807) is 12.5 Å². The molecule has 4 heteroatoms. The Hall–Kier alpha value is -1.29. The lowest BCUT2D eigenvalue weighted by Crippen LogP contribution is -2.43. The Morgan fingerprint density at radius 2 is 2.25 bits per heavy atom. The van der Waals surface area contributed by atoms with Gasteiger partial charge in [0.05, 0.1) is 17.9 Å². The van der Waals surface area contributed by atoms with Crippen molar-refractivity contribution < 1.29 is 9.21 Å². The molecule has 1 aliphatic carbocycles. The lowest BCUT2D eigenvalue weighted by atomic mass is 9.85. The monoisotopic (exact) mass is 222 g/mol. The van der Waals surface area contributed by atoms with Gasteiger partial charge in [-0.05, 0) is 18.9 Å². The summed E-state index contributed by atoms with van der Waals surface area (Å²) in [5, 5.41) is 2.94. The van der Waals surface area contributed by atoms with E-state index in [-0.39, 0.29) is 11.3 Å². The summed E-state index contributed by atoms with van der Waals surface area (Å²) in [6.07, 6.45) is 7.30. The van der Waals surface area contributed by atoms with Gasteiger partial charge in [0, 0.05) is 18.7 Å². The summed E-state index contributed by atoms with van der Waals surface area (Å²) in [6, 6.07) is 1.85. The van der Waals surface area contributed by atoms with Crippen molar-refractivity contribution >= 4 is 5.91 Å². The highest BCUT2D eigenvalue weighted by Gasteiger charge is 2.39. The van der Waals surface area contributed by atoms with Crippen LogP contribution in [0.25, 0.3) is 0 Å². The summed E-state index contributed by atoms with van der Waals surface area (Å²) in [7, 11) is 0. The molecule has 0 aromatic carbocycles. The number of nitrogens with one attached hydrogen (secondary N) is 1. The highest BCUT2D eigenvalue weighted by Crippen LogP contribution is 2.37. The molecular weight excluding hydrogens is 204 g/mol. The number of amides is 1. The molecule has 2 rings (SSSR count). The Kier molecular flexibility index (Phi) is 3.29. The predicted octanol–water partition coefficient (Wildman–Crippen LogP) is 1.41. The van der Waals surface area contributed by atoms with Gasteiger partial charge in [0.2, 0.25) is 5.91 Å². The van der Waals surface area contributed by atoms with Gasteiger partial charge in [0.15, 0.2) is 0 Å². The van der Waals surface area contributed by atoms with Crippen LogP contribution in [-0.4, -0.2) is 12.5 Å². The fraction of sp³-hybridized carbons (Fsp3) is 0.583. The third-order valence-electron chi connectivity index (χ3n) is 3.47. The predicted molar refractivity (Wildman–Crippen MR) is 60.5 cm³/mol. The van der Waals surface area contributed by atoms with Crippen LogP contribution in [0.4, 0.5) is 0 Å². The Labute approximate surface area is 95.2 Å². The van der Waals surface area contributed by atoms with Crippen molar-refractivity contribution in [3.8, 4) is 0 Å². The first-order chi connectivity index (χ1) is 7.77. The first kappa shape index (κ1) is 11.2. The summed E-state index contributed by atoms with van der Waals surface area (Å²) in [5.74, 6) is 0.0914. The van der Waals surface area contributed by atoms with Crippen LogP contribution in [0.5, 0.6) is 0 Å². The molecule has 0 radical (unpaired) electrons. The summed E-state index contributed by atoms with van der Waals surface area (Å²) in [4.78, 5) is 12.1. The summed E-state index contributed by atoms with van der Waals surface area (Å²) in [6.45, 7) is 0.974. The first-order valence-electron chi connectivity index (χ1n) is 5.76. The van der Waals surface area contributed by atoms with Crippen molar-refractivity contribution in [1.29, 1.82) is 0 Å². The Balaban J connectivity index is 1.91. The number of hydrogen-bond acceptors (Lipinski definition) is 3. The minimum atomic E-state index is -0.316. The normalized spacial score (nSPS) is 18.6. The van der Waals surface area contributed by atoms with Crippen LogP contribution in [0.1, 0.15) is 31.2 Å². The number of furan rings is 1. The minimum absolute atomic E-state index is 0.0914. The average molecular weight is 222 g/mol. The molecule has 0 atom stereocenters. The minimum Gasteiger partial charge on any atom is -0.472 e. The molecule has 88 valence electrons. The largest absolute Gasteiger partial charge is 0.472 e. The fourth-order valence-electron chi connectivity index (χ4n) is 2.34. The van der Waals surface area contributed by atoms with Crippen molar-refractivity contribution in [3.63, 3.8) is 0 Å². The van der Waals surface area contributed by atoms with Crippen molar-refractivity contribution in [2.45, 2.75) is 32.2 Å². The molecule has 1 aliphatic rings. The maximum Gasteiger partial charge on any atom is 0.227 e. The molecule has 0 aliphatic heterocycles. The van der Waals surface area contributed by atoms with Crippen LogP contribution in [0.3, 0.4) is 0 Å². The third kappa shape index (κ3) is 2.11. The van der Waals surface area contributed by atoms with E-state index in [0.717, 1.165) is 31.2 Å². The van der Waals surface area contributed by atoms with Gasteiger partial charge in [0.25, 0.3) is 0 Å². The van der Waals surface area contributed by atoms with Gasteiger partial charge in [-0.1, -0.05) is 12.8 Å². The molecule has 1 saturated carbocycles. The zero-order valence-corrected chi connectivity index (χ0v) is 9.37. The zero-order chi connectivity index (χ0) is 11.4. The topological polar surface area (TPSA) is 68.3 Å². The van der Waals surface area contributed by atoms with Gasteiger partial charge in [-0.2, -0.15) is 0 Å². The molecule has 1 aromatic rings. The smallest absolute Gasteiger partial charge is 0.227 e. The number of carbonyl (C=O) groups excluding carboxylic acids is 1. The van der Waals surface area contributed by atoms with Crippen molar-refractivity contribution in [3.05, 3.63) is 24.2 Å². The van der Waals surface area contributed by atoms with Crippen molar-refractivity contribution in [2.24, 2.45) is 11.1 Å². The van der Waals surface area contributed by atoms with Crippen LogP contribution >= 0.6 is 0 Å². The van der Waals surface area contributed by atoms with Crippen LogP contribution in [0.2, 0.25) is 0 Å². The molecule has 1 aromatic heterocycles. The second-order valence-electron chi connectivity index (χ2n) is 4.51. The van der Waals surface area contributed by atoms with E-state index in [2.05, 4.69) is 5.32 Å². The molecule has 1 amide bonds. The molecule has 3 N–H and O–H groups in total. The standard InChI is InChI=1S/C12H18N2O2/c13-9-12(4-1-2-5-12)11(15)14-7-10-3-6-16-8-10/h3,6,8H,1-2,4-5,7,9,13H2,(H,14,15). The number of hydrogen-bond donors (Lipinski definition) is 2. The first-order valence-corrected chi connectivity index (χ1v) is 5.76. The molecule has 0 unspecified atom stereocenters. The van der Waals surface area contributed by atoms with Gasteiger partial charge in [-0.3, -0.25) is 4.79 Å². The van der Waals surface area contributed by atoms with E-state index in [1.807, 2.05) is 6.07 Å². The number of rotatable bonds is 4. The van der Waals surface area contributed by atoms with E-state index in [1.165, 1.54) is 0 Å². The molecule has 4 nitrogen and oxygen atoms in total. The van der Waals surface area contributed by atoms with Gasteiger partial charge in [0.1, 0.15) is 0 Å². The van der Waals surface area contributed by atoms with E-state index in [9.17, 15) is 4.79 Å². The van der Waals surface area contributed by atoms with Crippen LogP contribution in [0, 0.1) is 5.41 Å². The van der Waals surface area contributed by atoms with E-state index >= 15 is 0 Å². The van der Waals surface area contributed by atoms with Crippen molar-refractivity contribution in [2.75, 3.05) is 6.54 Å². The average Bonchev–Trinajstić information content (AvgIpc) is 2.97. The Morgan fingerprint density at radius 1 is 1.50 bits per heavy atom. The summed E-state index contributed by atoms with van der Waals surface area (Å²) < 4.78 is 4.95. The van der Waals surface area contributed by atoms with Gasteiger partial charge < -0.3 is 15.5 Å². The Morgan fingerprint density at radius 3 is 2.81 bits per heavy atom. The molecule has 1 heterocycles. The van der Waals surface area contributed by atoms with E-state index in [0.29, 0.717) is 13.1 Å². The SMILES string of the molecule is NCC1(C(=O)NCc2ccoc2)CCCC1. The quantitative estimate of drug-likeness (QED) is 0.809. The van der Waals surface area contributed by atoms with Crippen LogP contribution < -0.4 is 11.1 Å². The van der Waals surface area contributed by atoms with E-state index in [4.69, 9.17) is 10.2 Å². The second kappa shape index (κ2) is 4.70. The number of carbonyl (C=O) groups is 1. The van der Waals surface area contributed by atoms with Gasteiger partial charge in [-0.25, -0.2) is 0 Å². The lowest BCUT2D eigenvalue weighted by Gasteiger charge is -2.25. The maximum atomic E-state index is 12.1. The molecular formula is C12H18N2O2. The number of nitrogens with two attached hydrogens (primary N) is 1. The van der Waals surface area contributed by atoms with Crippen LogP contribution in [0.15, 0.2) is 23.0 Å². The third-order valence-corrected chi connectivity index (χ3v) is 3.47. The van der Waals surface area contributed by atoms with Gasteiger partial charge >= 0.3 is 0 Å². The molecule has 0 saturated heterocycles. The lowest BCUT2D eigenvalue weighted by molar-refractivity contribution is -0.130. The maximum absolute atomic E-state index is 12.1. The highest BCUT2D eigenvalue weighted by atomic mass is 16.3. The van der Waals surface area contributed by atoms with Crippen molar-refractivity contribution in [1.82, 2.24) is 5.32 Å². The molecule has 16 heavy (non-hydrogen) atoms. The Bertz CT molecular complexity index is 340. The summed E-state index contributed by atoms with van der Waals surface area (Å²) in [5.41, 5.74) is 6.41. The summed E-state index contributed by atoms with van der Waals surface area (Å²) >= 11 is 0. The zero-order valence-electron chi connectivity index (χ0n) is 9.37.